The number of aliphatic carboxylic acids is 1. The number of phosphoric ester groups is 1. The van der Waals surface area contributed by atoms with Crippen molar-refractivity contribution in [1.82, 2.24) is 0 Å². The summed E-state index contributed by atoms with van der Waals surface area (Å²) in [5.74, 6) is -2.38. The number of hydrogen-bond donors (Lipinski definition) is 3. The molecule has 0 saturated carbocycles. The molecule has 0 aliphatic heterocycles. The van der Waals surface area contributed by atoms with Crippen LogP contribution in [0.25, 0.3) is 0 Å². The fourth-order valence-corrected chi connectivity index (χ4v) is 6.13. The van der Waals surface area contributed by atoms with E-state index in [4.69, 9.17) is 24.8 Å². The Balaban J connectivity index is 4.42. The second-order valence-electron chi connectivity index (χ2n) is 13.4. The first-order valence-electron chi connectivity index (χ1n) is 19.7. The van der Waals surface area contributed by atoms with Crippen LogP contribution in [0.3, 0.4) is 0 Å². The zero-order valence-corrected chi connectivity index (χ0v) is 32.4. The van der Waals surface area contributed by atoms with Gasteiger partial charge >= 0.3 is 25.7 Å². The predicted molar refractivity (Wildman–Crippen MR) is 199 cm³/mol. The van der Waals surface area contributed by atoms with E-state index in [-0.39, 0.29) is 19.4 Å². The quantitative estimate of drug-likeness (QED) is 0.0240. The monoisotopic (exact) mass is 733 g/mol. The molecule has 0 aliphatic rings. The van der Waals surface area contributed by atoms with Gasteiger partial charge in [-0.25, -0.2) is 4.57 Å². The molecule has 4 N–H and O–H groups in total. The van der Waals surface area contributed by atoms with E-state index in [1.807, 2.05) is 0 Å². The number of carbonyl (C=O) groups excluding carboxylic acids is 2. The predicted octanol–water partition coefficient (Wildman–Crippen LogP) is 9.73. The maximum absolute atomic E-state index is 12.5. The van der Waals surface area contributed by atoms with Crippen LogP contribution < -0.4 is 5.73 Å². The molecule has 50 heavy (non-hydrogen) atoms. The van der Waals surface area contributed by atoms with Crippen molar-refractivity contribution in [3.05, 3.63) is 12.2 Å². The summed E-state index contributed by atoms with van der Waals surface area (Å²) in [5, 5.41) is 8.86. The summed E-state index contributed by atoms with van der Waals surface area (Å²) in [6, 6.07) is -1.52. The molecule has 0 rings (SSSR count). The van der Waals surface area contributed by atoms with Crippen molar-refractivity contribution in [3.8, 4) is 0 Å². The Kier molecular flexibility index (Phi) is 33.1. The highest BCUT2D eigenvalue weighted by Crippen LogP contribution is 2.43. The van der Waals surface area contributed by atoms with E-state index < -0.39 is 51.1 Å². The van der Waals surface area contributed by atoms with E-state index in [2.05, 4.69) is 30.5 Å². The van der Waals surface area contributed by atoms with Gasteiger partial charge in [0.25, 0.3) is 0 Å². The second kappa shape index (κ2) is 34.3. The van der Waals surface area contributed by atoms with Gasteiger partial charge in [-0.3, -0.25) is 23.4 Å². The number of rotatable bonds is 37. The van der Waals surface area contributed by atoms with Crippen molar-refractivity contribution in [2.45, 2.75) is 193 Å². The molecule has 0 bridgehead atoms. The van der Waals surface area contributed by atoms with Crippen molar-refractivity contribution in [1.29, 1.82) is 0 Å². The highest BCUT2D eigenvalue weighted by Gasteiger charge is 2.28. The summed E-state index contributed by atoms with van der Waals surface area (Å²) in [6.07, 6.45) is 31.3. The van der Waals surface area contributed by atoms with Crippen LogP contribution in [0.5, 0.6) is 0 Å². The maximum Gasteiger partial charge on any atom is 0.472 e. The first-order chi connectivity index (χ1) is 24.1. The number of phosphoric acid groups is 1. The minimum atomic E-state index is -4.70. The van der Waals surface area contributed by atoms with Gasteiger partial charge in [0, 0.05) is 12.8 Å². The molecule has 11 nitrogen and oxygen atoms in total. The van der Waals surface area contributed by atoms with E-state index >= 15 is 0 Å². The molecule has 12 heteroatoms. The molecule has 3 atom stereocenters. The normalized spacial score (nSPS) is 14.0. The van der Waals surface area contributed by atoms with E-state index in [1.165, 1.54) is 83.5 Å². The Morgan fingerprint density at radius 1 is 0.600 bits per heavy atom. The van der Waals surface area contributed by atoms with Crippen molar-refractivity contribution >= 4 is 25.7 Å². The van der Waals surface area contributed by atoms with E-state index in [9.17, 15) is 23.8 Å². The van der Waals surface area contributed by atoms with Gasteiger partial charge < -0.3 is 25.2 Å². The van der Waals surface area contributed by atoms with Gasteiger partial charge in [0.1, 0.15) is 12.6 Å². The Morgan fingerprint density at radius 3 is 1.46 bits per heavy atom. The molecule has 0 saturated heterocycles. The lowest BCUT2D eigenvalue weighted by atomic mass is 10.0. The zero-order valence-electron chi connectivity index (χ0n) is 31.5. The van der Waals surface area contributed by atoms with Gasteiger partial charge in [-0.05, 0) is 38.5 Å². The molecule has 0 radical (unpaired) electrons. The Bertz CT molecular complexity index is 916. The van der Waals surface area contributed by atoms with Gasteiger partial charge in [0.15, 0.2) is 6.10 Å². The molecule has 294 valence electrons. The Morgan fingerprint density at radius 2 is 1.00 bits per heavy atom. The van der Waals surface area contributed by atoms with Crippen LogP contribution in [-0.4, -0.2) is 59.9 Å². The molecule has 0 aromatic heterocycles. The maximum atomic E-state index is 12.5. The Labute approximate surface area is 303 Å². The summed E-state index contributed by atoms with van der Waals surface area (Å²) in [4.78, 5) is 45.7. The zero-order chi connectivity index (χ0) is 37.1. The van der Waals surface area contributed by atoms with E-state index in [0.29, 0.717) is 12.8 Å². The van der Waals surface area contributed by atoms with Crippen LogP contribution in [0, 0.1) is 0 Å². The second-order valence-corrected chi connectivity index (χ2v) is 14.9. The molecule has 0 fully saturated rings. The Hall–Kier alpha value is -1.78. The van der Waals surface area contributed by atoms with Crippen LogP contribution in [0.15, 0.2) is 12.2 Å². The number of carboxylic acid groups (broad SMARTS) is 1. The number of esters is 2. The van der Waals surface area contributed by atoms with Crippen molar-refractivity contribution in [2.75, 3.05) is 19.8 Å². The standard InChI is InChI=1S/C38H72NO10P/c1-3-5-7-9-11-13-15-17-18-20-21-23-25-27-29-36(40)46-31-34(32-47-50(44,45)48-33-35(39)38(42)43)49-37(41)30-28-26-24-22-19-16-14-12-10-8-6-4-2/h15,17,34-35H,3-14,16,18-33,39H2,1-2H3,(H,42,43)(H,44,45)/b17-15-/t34-,35+/m1/s1. The largest absolute Gasteiger partial charge is 0.480 e. The first-order valence-corrected chi connectivity index (χ1v) is 21.2. The fraction of sp³-hybridized carbons (Fsp3) is 0.868. The summed E-state index contributed by atoms with van der Waals surface area (Å²) < 4.78 is 32.6. The van der Waals surface area contributed by atoms with Crippen molar-refractivity contribution < 1.29 is 47.5 Å². The van der Waals surface area contributed by atoms with Crippen LogP contribution in [0.2, 0.25) is 0 Å². The summed E-state index contributed by atoms with van der Waals surface area (Å²) >= 11 is 0. The van der Waals surface area contributed by atoms with Crippen molar-refractivity contribution in [3.63, 3.8) is 0 Å². The average Bonchev–Trinajstić information content (AvgIpc) is 3.09. The number of allylic oxidation sites excluding steroid dienone is 2. The lowest BCUT2D eigenvalue weighted by Gasteiger charge is -2.20. The number of carbonyl (C=O) groups is 3. The minimum absolute atomic E-state index is 0.164. The van der Waals surface area contributed by atoms with Gasteiger partial charge in [-0.1, -0.05) is 142 Å². The first kappa shape index (κ1) is 48.2. The van der Waals surface area contributed by atoms with Crippen LogP contribution >= 0.6 is 7.82 Å². The molecule has 0 aromatic carbocycles. The van der Waals surface area contributed by atoms with Gasteiger partial charge in [-0.15, -0.1) is 0 Å². The minimum Gasteiger partial charge on any atom is -0.480 e. The third-order valence-electron chi connectivity index (χ3n) is 8.51. The van der Waals surface area contributed by atoms with Crippen LogP contribution in [0.4, 0.5) is 0 Å². The molecule has 1 unspecified atom stereocenters. The number of nitrogens with two attached hydrogens (primary N) is 1. The molecule has 0 amide bonds. The van der Waals surface area contributed by atoms with E-state index in [1.54, 1.807) is 0 Å². The summed E-state index contributed by atoms with van der Waals surface area (Å²) in [7, 11) is -4.70. The molecule has 0 heterocycles. The van der Waals surface area contributed by atoms with Gasteiger partial charge in [0.2, 0.25) is 0 Å². The number of carboxylic acids is 1. The molecular weight excluding hydrogens is 661 g/mol. The number of hydrogen-bond acceptors (Lipinski definition) is 9. The van der Waals surface area contributed by atoms with Crippen molar-refractivity contribution in [2.24, 2.45) is 5.73 Å². The molecule has 0 spiro atoms. The fourth-order valence-electron chi connectivity index (χ4n) is 5.35. The third-order valence-corrected chi connectivity index (χ3v) is 9.46. The lowest BCUT2D eigenvalue weighted by molar-refractivity contribution is -0.161. The molecular formula is C38H72NO10P. The lowest BCUT2D eigenvalue weighted by Crippen LogP contribution is -2.34. The van der Waals surface area contributed by atoms with E-state index in [0.717, 1.165) is 57.8 Å². The molecule has 0 aromatic rings. The highest BCUT2D eigenvalue weighted by atomic mass is 31.2. The average molecular weight is 734 g/mol. The number of unbranched alkanes of at least 4 members (excludes halogenated alkanes) is 21. The highest BCUT2D eigenvalue weighted by molar-refractivity contribution is 7.47. The third kappa shape index (κ3) is 33.4. The topological polar surface area (TPSA) is 172 Å². The smallest absolute Gasteiger partial charge is 0.472 e. The van der Waals surface area contributed by atoms with Gasteiger partial charge in [0.05, 0.1) is 13.2 Å². The molecule has 0 aliphatic carbocycles. The SMILES string of the molecule is CCCCCCC/C=C\CCCCCCCC(=O)OC[C@H](COP(=O)(O)OC[C@H](N)C(=O)O)OC(=O)CCCCCCCCCCCCCC. The van der Waals surface area contributed by atoms with Crippen LogP contribution in [-0.2, 0) is 37.5 Å². The van der Waals surface area contributed by atoms with Crippen LogP contribution in [0.1, 0.15) is 181 Å². The summed E-state index contributed by atoms with van der Waals surface area (Å²) in [5.41, 5.74) is 5.32. The van der Waals surface area contributed by atoms with Gasteiger partial charge in [-0.2, -0.15) is 0 Å². The number of ether oxygens (including phenoxy) is 2. The summed E-state index contributed by atoms with van der Waals surface area (Å²) in [6.45, 7) is 2.77.